The van der Waals surface area contributed by atoms with Crippen molar-refractivity contribution in [2.24, 2.45) is 0 Å². The van der Waals surface area contributed by atoms with Gasteiger partial charge in [-0.3, -0.25) is 0 Å². The largest absolute Gasteiger partial charge is 0.457 e. The zero-order valence-corrected chi connectivity index (χ0v) is 12.8. The molecule has 0 saturated carbocycles. The second-order valence-electron chi connectivity index (χ2n) is 4.48. The van der Waals surface area contributed by atoms with Crippen molar-refractivity contribution < 1.29 is 13.2 Å². The molecule has 3 rings (SSSR count). The lowest BCUT2D eigenvalue weighted by molar-refractivity contribution is 0.482. The predicted octanol–water partition coefficient (Wildman–Crippen LogP) is 3.59. The molecule has 1 aromatic heterocycles. The molecular formula is C15H11ClN2O3S. The molecule has 0 N–H and O–H groups in total. The van der Waals surface area contributed by atoms with Gasteiger partial charge in [0.1, 0.15) is 11.5 Å². The molecule has 0 fully saturated rings. The Kier molecular flexibility index (Phi) is 3.87. The molecule has 2 aromatic carbocycles. The average Bonchev–Trinajstić information content (AvgIpc) is 3.02. The van der Waals surface area contributed by atoms with Crippen LogP contribution < -0.4 is 4.74 Å². The lowest BCUT2D eigenvalue weighted by Gasteiger charge is -2.07. The fourth-order valence-electron chi connectivity index (χ4n) is 1.90. The summed E-state index contributed by atoms with van der Waals surface area (Å²) in [5, 5.41) is 0. The Labute approximate surface area is 132 Å². The normalized spacial score (nSPS) is 11.3. The van der Waals surface area contributed by atoms with Gasteiger partial charge in [-0.1, -0.05) is 0 Å². The molecule has 3 aromatic rings. The molecule has 0 aliphatic heterocycles. The van der Waals surface area contributed by atoms with Gasteiger partial charge in [0.2, 0.25) is 0 Å². The van der Waals surface area contributed by atoms with Gasteiger partial charge in [0.05, 0.1) is 11.2 Å². The highest BCUT2D eigenvalue weighted by Gasteiger charge is 2.09. The Morgan fingerprint density at radius 1 is 0.955 bits per heavy atom. The molecule has 7 heteroatoms. The Balaban J connectivity index is 1.76. The molecule has 112 valence electrons. The molecule has 0 unspecified atom stereocenters. The first-order valence-electron chi connectivity index (χ1n) is 6.33. The SMILES string of the molecule is O=S(=O)(Cl)c1ccc(Oc2ccc(-n3ccnc3)cc2)cc1. The third-order valence-electron chi connectivity index (χ3n) is 2.98. The molecule has 0 saturated heterocycles. The molecular weight excluding hydrogens is 324 g/mol. The first kappa shape index (κ1) is 14.6. The van der Waals surface area contributed by atoms with Gasteiger partial charge in [0, 0.05) is 28.8 Å². The number of nitrogens with zero attached hydrogens (tertiary/aromatic N) is 2. The van der Waals surface area contributed by atoms with Crippen LogP contribution in [0.5, 0.6) is 11.5 Å². The summed E-state index contributed by atoms with van der Waals surface area (Å²) >= 11 is 0. The fourth-order valence-corrected chi connectivity index (χ4v) is 2.67. The lowest BCUT2D eigenvalue weighted by Crippen LogP contribution is -1.92. The van der Waals surface area contributed by atoms with E-state index in [9.17, 15) is 8.42 Å². The van der Waals surface area contributed by atoms with Gasteiger partial charge >= 0.3 is 0 Å². The number of ether oxygens (including phenoxy) is 1. The van der Waals surface area contributed by atoms with Crippen LogP contribution in [0.4, 0.5) is 0 Å². The first-order valence-corrected chi connectivity index (χ1v) is 8.64. The number of halogens is 1. The Morgan fingerprint density at radius 3 is 2.05 bits per heavy atom. The summed E-state index contributed by atoms with van der Waals surface area (Å²) in [5.41, 5.74) is 0.966. The van der Waals surface area contributed by atoms with Crippen molar-refractivity contribution in [1.29, 1.82) is 0 Å². The van der Waals surface area contributed by atoms with E-state index >= 15 is 0 Å². The summed E-state index contributed by atoms with van der Waals surface area (Å²) in [7, 11) is 1.55. The van der Waals surface area contributed by atoms with E-state index < -0.39 is 9.05 Å². The Bertz CT molecular complexity index is 858. The van der Waals surface area contributed by atoms with Gasteiger partial charge < -0.3 is 9.30 Å². The van der Waals surface area contributed by atoms with E-state index in [0.29, 0.717) is 11.5 Å². The third-order valence-corrected chi connectivity index (χ3v) is 4.35. The van der Waals surface area contributed by atoms with E-state index in [2.05, 4.69) is 4.98 Å². The zero-order valence-electron chi connectivity index (χ0n) is 11.3. The van der Waals surface area contributed by atoms with E-state index in [1.54, 1.807) is 24.7 Å². The maximum absolute atomic E-state index is 11.2. The first-order chi connectivity index (χ1) is 10.5. The predicted molar refractivity (Wildman–Crippen MR) is 83.1 cm³/mol. The summed E-state index contributed by atoms with van der Waals surface area (Å²) in [6.45, 7) is 0. The van der Waals surface area contributed by atoms with Crippen LogP contribution in [0.15, 0.2) is 72.1 Å². The van der Waals surface area contributed by atoms with Crippen LogP contribution >= 0.6 is 10.7 Å². The molecule has 0 amide bonds. The van der Waals surface area contributed by atoms with E-state index in [1.807, 2.05) is 35.0 Å². The van der Waals surface area contributed by atoms with Crippen LogP contribution in [0.1, 0.15) is 0 Å². The summed E-state index contributed by atoms with van der Waals surface area (Å²) in [6, 6.07) is 13.3. The maximum Gasteiger partial charge on any atom is 0.261 e. The molecule has 0 atom stereocenters. The van der Waals surface area contributed by atoms with Crippen molar-refractivity contribution in [1.82, 2.24) is 9.55 Å². The molecule has 0 bridgehead atoms. The smallest absolute Gasteiger partial charge is 0.261 e. The minimum absolute atomic E-state index is 0.0389. The molecule has 0 radical (unpaired) electrons. The van der Waals surface area contributed by atoms with E-state index in [0.717, 1.165) is 5.69 Å². The van der Waals surface area contributed by atoms with Gasteiger partial charge in [0.25, 0.3) is 9.05 Å². The number of hydrogen-bond acceptors (Lipinski definition) is 4. The van der Waals surface area contributed by atoms with Crippen molar-refractivity contribution in [2.75, 3.05) is 0 Å². The van der Waals surface area contributed by atoms with Crippen LogP contribution in [-0.2, 0) is 9.05 Å². The number of aromatic nitrogens is 2. The highest BCUT2D eigenvalue weighted by atomic mass is 35.7. The van der Waals surface area contributed by atoms with Crippen molar-refractivity contribution in [3.8, 4) is 17.2 Å². The molecule has 0 aliphatic carbocycles. The van der Waals surface area contributed by atoms with Crippen molar-refractivity contribution in [3.05, 3.63) is 67.3 Å². The number of hydrogen-bond donors (Lipinski definition) is 0. The van der Waals surface area contributed by atoms with Gasteiger partial charge in [0.15, 0.2) is 0 Å². The van der Waals surface area contributed by atoms with Crippen LogP contribution in [0, 0.1) is 0 Å². The van der Waals surface area contributed by atoms with Crippen LogP contribution in [0.2, 0.25) is 0 Å². The van der Waals surface area contributed by atoms with E-state index in [1.165, 1.54) is 12.1 Å². The van der Waals surface area contributed by atoms with Gasteiger partial charge in [-0.15, -0.1) is 0 Å². The van der Waals surface area contributed by atoms with Crippen LogP contribution in [-0.4, -0.2) is 18.0 Å². The molecule has 5 nitrogen and oxygen atoms in total. The minimum Gasteiger partial charge on any atom is -0.457 e. The minimum atomic E-state index is -3.72. The van der Waals surface area contributed by atoms with Gasteiger partial charge in [-0.2, -0.15) is 0 Å². The highest BCUT2D eigenvalue weighted by Crippen LogP contribution is 2.25. The number of imidazole rings is 1. The second-order valence-corrected chi connectivity index (χ2v) is 7.04. The molecule has 1 heterocycles. The van der Waals surface area contributed by atoms with E-state index in [4.69, 9.17) is 15.4 Å². The second kappa shape index (κ2) is 5.82. The number of benzene rings is 2. The van der Waals surface area contributed by atoms with Crippen LogP contribution in [0.3, 0.4) is 0 Å². The van der Waals surface area contributed by atoms with Crippen molar-refractivity contribution >= 4 is 19.7 Å². The average molecular weight is 335 g/mol. The summed E-state index contributed by atoms with van der Waals surface area (Å²) < 4.78 is 29.9. The summed E-state index contributed by atoms with van der Waals surface area (Å²) in [6.07, 6.45) is 5.26. The third kappa shape index (κ3) is 3.29. The van der Waals surface area contributed by atoms with Gasteiger partial charge in [-0.05, 0) is 48.5 Å². The van der Waals surface area contributed by atoms with Crippen molar-refractivity contribution in [2.45, 2.75) is 4.90 Å². The lowest BCUT2D eigenvalue weighted by atomic mass is 10.3. The van der Waals surface area contributed by atoms with Gasteiger partial charge in [-0.25, -0.2) is 13.4 Å². The van der Waals surface area contributed by atoms with E-state index in [-0.39, 0.29) is 4.90 Å². The van der Waals surface area contributed by atoms with Crippen LogP contribution in [0.25, 0.3) is 5.69 Å². The standard InChI is InChI=1S/C15H11ClN2O3S/c16-22(19,20)15-7-5-14(6-8-15)21-13-3-1-12(2-4-13)18-10-9-17-11-18/h1-11H. The summed E-state index contributed by atoms with van der Waals surface area (Å²) in [5.74, 6) is 1.17. The maximum atomic E-state index is 11.2. The monoisotopic (exact) mass is 334 g/mol. The Hall–Kier alpha value is -2.31. The molecule has 0 spiro atoms. The highest BCUT2D eigenvalue weighted by molar-refractivity contribution is 8.13. The zero-order chi connectivity index (χ0) is 15.6. The molecule has 22 heavy (non-hydrogen) atoms. The molecule has 0 aliphatic rings. The fraction of sp³-hybridized carbons (Fsp3) is 0. The topological polar surface area (TPSA) is 61.2 Å². The number of rotatable bonds is 4. The summed E-state index contributed by atoms with van der Waals surface area (Å²) in [4.78, 5) is 4.03. The van der Waals surface area contributed by atoms with Crippen molar-refractivity contribution in [3.63, 3.8) is 0 Å². The quantitative estimate of drug-likeness (QED) is 0.684. The Morgan fingerprint density at radius 2 is 1.55 bits per heavy atom.